The summed E-state index contributed by atoms with van der Waals surface area (Å²) in [5, 5.41) is 13.2. The van der Waals surface area contributed by atoms with Crippen molar-refractivity contribution >= 4 is 5.96 Å². The van der Waals surface area contributed by atoms with E-state index in [1.54, 1.807) is 6.07 Å². The number of aliphatic imine (C=N–C) groups is 1. The molecule has 0 heterocycles. The van der Waals surface area contributed by atoms with Crippen LogP contribution in [0.4, 0.5) is 4.39 Å². The van der Waals surface area contributed by atoms with Crippen LogP contribution in [-0.4, -0.2) is 62.5 Å². The Bertz CT molecular complexity index is 593. The standard InChI is InChI=1S/C19H30FN3O3/c1-4-21-19(22-10-16(24)13-26-12-14-5-6-14)23(2)11-15-7-8-18(25-3)17(20)9-15/h7-9,14,16,24H,4-6,10-13H2,1-3H3,(H,21,22). The zero-order valence-electron chi connectivity index (χ0n) is 15.9. The first kappa shape index (κ1) is 20.5. The molecule has 1 aromatic carbocycles. The molecule has 1 unspecified atom stereocenters. The molecule has 0 spiro atoms. The Morgan fingerprint density at radius 1 is 1.46 bits per heavy atom. The third kappa shape index (κ3) is 6.80. The molecule has 0 bridgehead atoms. The average molecular weight is 367 g/mol. The first-order chi connectivity index (χ1) is 12.5. The molecule has 1 atom stereocenters. The molecule has 7 heteroatoms. The van der Waals surface area contributed by atoms with Gasteiger partial charge in [-0.15, -0.1) is 0 Å². The van der Waals surface area contributed by atoms with Crippen LogP contribution >= 0.6 is 0 Å². The number of rotatable bonds is 10. The van der Waals surface area contributed by atoms with Gasteiger partial charge in [0.15, 0.2) is 17.5 Å². The van der Waals surface area contributed by atoms with Gasteiger partial charge in [-0.25, -0.2) is 4.39 Å². The van der Waals surface area contributed by atoms with Crippen LogP contribution in [0.1, 0.15) is 25.3 Å². The summed E-state index contributed by atoms with van der Waals surface area (Å²) >= 11 is 0. The molecule has 2 N–H and O–H groups in total. The van der Waals surface area contributed by atoms with E-state index in [2.05, 4.69) is 10.3 Å². The number of ether oxygens (including phenoxy) is 2. The number of aliphatic hydroxyl groups is 1. The number of benzene rings is 1. The van der Waals surface area contributed by atoms with E-state index in [-0.39, 0.29) is 18.1 Å². The van der Waals surface area contributed by atoms with E-state index in [9.17, 15) is 9.50 Å². The highest BCUT2D eigenvalue weighted by Gasteiger charge is 2.21. The van der Waals surface area contributed by atoms with Gasteiger partial charge in [0.1, 0.15) is 0 Å². The van der Waals surface area contributed by atoms with E-state index in [0.717, 1.165) is 12.2 Å². The first-order valence-electron chi connectivity index (χ1n) is 9.11. The average Bonchev–Trinajstić information content (AvgIpc) is 3.43. The molecule has 1 aromatic rings. The van der Waals surface area contributed by atoms with E-state index in [1.165, 1.54) is 26.0 Å². The highest BCUT2D eigenvalue weighted by atomic mass is 19.1. The largest absolute Gasteiger partial charge is 0.494 e. The maximum absolute atomic E-state index is 13.8. The molecule has 6 nitrogen and oxygen atoms in total. The summed E-state index contributed by atoms with van der Waals surface area (Å²) in [6.07, 6.45) is 1.83. The van der Waals surface area contributed by atoms with E-state index in [1.807, 2.05) is 24.9 Å². The molecular formula is C19H30FN3O3. The van der Waals surface area contributed by atoms with Crippen molar-refractivity contribution < 1.29 is 19.0 Å². The molecule has 146 valence electrons. The Morgan fingerprint density at radius 2 is 2.23 bits per heavy atom. The summed E-state index contributed by atoms with van der Waals surface area (Å²) in [5.41, 5.74) is 0.810. The molecule has 26 heavy (non-hydrogen) atoms. The molecule has 0 radical (unpaired) electrons. The number of nitrogens with zero attached hydrogens (tertiary/aromatic N) is 2. The minimum Gasteiger partial charge on any atom is -0.494 e. The summed E-state index contributed by atoms with van der Waals surface area (Å²) in [6, 6.07) is 4.89. The molecule has 0 aliphatic heterocycles. The Kier molecular flexibility index (Phi) is 8.12. The number of guanidine groups is 1. The summed E-state index contributed by atoms with van der Waals surface area (Å²) in [7, 11) is 3.32. The lowest BCUT2D eigenvalue weighted by molar-refractivity contribution is 0.0367. The molecule has 1 fully saturated rings. The van der Waals surface area contributed by atoms with E-state index in [0.29, 0.717) is 31.6 Å². The molecule has 0 aromatic heterocycles. The van der Waals surface area contributed by atoms with Gasteiger partial charge in [0.2, 0.25) is 0 Å². The second-order valence-electron chi connectivity index (χ2n) is 6.65. The maximum atomic E-state index is 13.8. The van der Waals surface area contributed by atoms with Crippen LogP contribution < -0.4 is 10.1 Å². The lowest BCUT2D eigenvalue weighted by Gasteiger charge is -2.23. The number of hydrogen-bond acceptors (Lipinski definition) is 4. The predicted octanol–water partition coefficient (Wildman–Crippen LogP) is 2.02. The molecule has 0 amide bonds. The fraction of sp³-hybridized carbons (Fsp3) is 0.632. The first-order valence-corrected chi connectivity index (χ1v) is 9.11. The van der Waals surface area contributed by atoms with Gasteiger partial charge in [-0.3, -0.25) is 4.99 Å². The van der Waals surface area contributed by atoms with E-state index < -0.39 is 6.10 Å². The van der Waals surface area contributed by atoms with Crippen LogP contribution in [0.2, 0.25) is 0 Å². The predicted molar refractivity (Wildman–Crippen MR) is 99.9 cm³/mol. The van der Waals surface area contributed by atoms with Crippen molar-refractivity contribution in [2.45, 2.75) is 32.4 Å². The number of halogens is 1. The third-order valence-corrected chi connectivity index (χ3v) is 4.14. The van der Waals surface area contributed by atoms with Gasteiger partial charge in [0.05, 0.1) is 26.4 Å². The van der Waals surface area contributed by atoms with Gasteiger partial charge in [-0.05, 0) is 43.4 Å². The van der Waals surface area contributed by atoms with E-state index in [4.69, 9.17) is 9.47 Å². The minimum absolute atomic E-state index is 0.228. The molecule has 0 saturated heterocycles. The van der Waals surface area contributed by atoms with Gasteiger partial charge in [0.25, 0.3) is 0 Å². The molecule has 1 saturated carbocycles. The number of methoxy groups -OCH3 is 1. The van der Waals surface area contributed by atoms with Gasteiger partial charge < -0.3 is 24.8 Å². The zero-order chi connectivity index (χ0) is 18.9. The second kappa shape index (κ2) is 10.3. The summed E-state index contributed by atoms with van der Waals surface area (Å²) in [4.78, 5) is 6.35. The Hall–Kier alpha value is -1.86. The second-order valence-corrected chi connectivity index (χ2v) is 6.65. The Morgan fingerprint density at radius 3 is 2.85 bits per heavy atom. The lowest BCUT2D eigenvalue weighted by Crippen LogP contribution is -2.39. The van der Waals surface area contributed by atoms with Gasteiger partial charge in [-0.1, -0.05) is 6.07 Å². The highest BCUT2D eigenvalue weighted by molar-refractivity contribution is 5.79. The third-order valence-electron chi connectivity index (χ3n) is 4.14. The van der Waals surface area contributed by atoms with Crippen molar-refractivity contribution in [3.8, 4) is 5.75 Å². The van der Waals surface area contributed by atoms with Crippen molar-refractivity contribution in [2.24, 2.45) is 10.9 Å². The van der Waals surface area contributed by atoms with Crippen LogP contribution in [0.25, 0.3) is 0 Å². The maximum Gasteiger partial charge on any atom is 0.194 e. The van der Waals surface area contributed by atoms with Gasteiger partial charge in [-0.2, -0.15) is 0 Å². The van der Waals surface area contributed by atoms with Crippen LogP contribution in [0.3, 0.4) is 0 Å². The minimum atomic E-state index is -0.630. The number of nitrogens with one attached hydrogen (secondary N) is 1. The SMILES string of the molecule is CCNC(=NCC(O)COCC1CC1)N(C)Cc1ccc(OC)c(F)c1. The van der Waals surface area contributed by atoms with Gasteiger partial charge >= 0.3 is 0 Å². The molecular weight excluding hydrogens is 337 g/mol. The van der Waals surface area contributed by atoms with Crippen molar-refractivity contribution in [3.05, 3.63) is 29.6 Å². The van der Waals surface area contributed by atoms with Gasteiger partial charge in [0, 0.05) is 26.7 Å². The lowest BCUT2D eigenvalue weighted by atomic mass is 10.2. The molecule has 2 rings (SSSR count). The fourth-order valence-corrected chi connectivity index (χ4v) is 2.53. The highest BCUT2D eigenvalue weighted by Crippen LogP contribution is 2.28. The summed E-state index contributed by atoms with van der Waals surface area (Å²) < 4.78 is 24.3. The Balaban J connectivity index is 1.87. The van der Waals surface area contributed by atoms with Crippen LogP contribution in [0.5, 0.6) is 5.75 Å². The topological polar surface area (TPSA) is 66.3 Å². The summed E-state index contributed by atoms with van der Waals surface area (Å²) in [5.74, 6) is 1.18. The monoisotopic (exact) mass is 367 g/mol. The van der Waals surface area contributed by atoms with Crippen molar-refractivity contribution in [1.82, 2.24) is 10.2 Å². The van der Waals surface area contributed by atoms with Crippen molar-refractivity contribution in [2.75, 3.05) is 40.5 Å². The zero-order valence-corrected chi connectivity index (χ0v) is 15.9. The van der Waals surface area contributed by atoms with Crippen molar-refractivity contribution in [3.63, 3.8) is 0 Å². The number of hydrogen-bond donors (Lipinski definition) is 2. The molecule has 1 aliphatic carbocycles. The normalized spacial score (nSPS) is 15.7. The Labute approximate surface area is 155 Å². The fourth-order valence-electron chi connectivity index (χ4n) is 2.53. The van der Waals surface area contributed by atoms with Crippen LogP contribution in [0.15, 0.2) is 23.2 Å². The quantitative estimate of drug-likeness (QED) is 0.489. The van der Waals surface area contributed by atoms with E-state index >= 15 is 0 Å². The van der Waals surface area contributed by atoms with Crippen molar-refractivity contribution in [1.29, 1.82) is 0 Å². The summed E-state index contributed by atoms with van der Waals surface area (Å²) in [6.45, 7) is 4.45. The molecule has 1 aliphatic rings. The number of aliphatic hydroxyl groups excluding tert-OH is 1. The van der Waals surface area contributed by atoms with Crippen LogP contribution in [-0.2, 0) is 11.3 Å². The van der Waals surface area contributed by atoms with Crippen LogP contribution in [0, 0.1) is 11.7 Å². The smallest absolute Gasteiger partial charge is 0.194 e.